The van der Waals surface area contributed by atoms with Gasteiger partial charge in [-0.15, -0.1) is 0 Å². The molecule has 0 heterocycles. The van der Waals surface area contributed by atoms with Crippen LogP contribution in [0.2, 0.25) is 0 Å². The highest BCUT2D eigenvalue weighted by atomic mass is 16.5. The molecule has 4 N–H and O–H groups in total. The smallest absolute Gasteiger partial charge is 0.193 e. The Kier molecular flexibility index (Phi) is 5.81. The predicted molar refractivity (Wildman–Crippen MR) is 128 cm³/mol. The molecule has 0 fully saturated rings. The first-order valence-corrected chi connectivity index (χ1v) is 10.2. The lowest BCUT2D eigenvalue weighted by molar-refractivity contribution is 0.103. The SMILES string of the molecule is Cc1cccc(Oc2ccc(C(=O)c3ccc(Oc4cccc(C)c4)c(N)c3)cc2N)c1. The van der Waals surface area contributed by atoms with Gasteiger partial charge < -0.3 is 20.9 Å². The van der Waals surface area contributed by atoms with Crippen molar-refractivity contribution in [2.24, 2.45) is 0 Å². The first kappa shape index (κ1) is 21.0. The molecule has 0 radical (unpaired) electrons. The number of ether oxygens (including phenoxy) is 2. The summed E-state index contributed by atoms with van der Waals surface area (Å²) < 4.78 is 11.7. The van der Waals surface area contributed by atoms with E-state index in [-0.39, 0.29) is 5.78 Å². The Balaban J connectivity index is 1.52. The first-order valence-electron chi connectivity index (χ1n) is 10.2. The Bertz CT molecular complexity index is 1200. The Morgan fingerprint density at radius 2 is 1.06 bits per heavy atom. The molecule has 0 atom stereocenters. The number of benzene rings is 4. The molecule has 0 bridgehead atoms. The zero-order chi connectivity index (χ0) is 22.7. The van der Waals surface area contributed by atoms with Gasteiger partial charge in [0, 0.05) is 11.1 Å². The largest absolute Gasteiger partial charge is 0.455 e. The molecular weight excluding hydrogens is 400 g/mol. The van der Waals surface area contributed by atoms with Crippen LogP contribution in [-0.2, 0) is 0 Å². The number of carbonyl (C=O) groups is 1. The number of ketones is 1. The summed E-state index contributed by atoms with van der Waals surface area (Å²) in [5.74, 6) is 2.18. The van der Waals surface area contributed by atoms with Gasteiger partial charge in [-0.05, 0) is 85.6 Å². The molecule has 0 unspecified atom stereocenters. The van der Waals surface area contributed by atoms with Crippen LogP contribution in [0, 0.1) is 13.8 Å². The normalized spacial score (nSPS) is 10.6. The summed E-state index contributed by atoms with van der Waals surface area (Å²) in [5.41, 5.74) is 16.1. The zero-order valence-corrected chi connectivity index (χ0v) is 18.0. The van der Waals surface area contributed by atoms with Gasteiger partial charge in [-0.25, -0.2) is 0 Å². The monoisotopic (exact) mass is 424 g/mol. The Hall–Kier alpha value is -4.25. The second-order valence-corrected chi connectivity index (χ2v) is 7.67. The average Bonchev–Trinajstić information content (AvgIpc) is 2.76. The zero-order valence-electron chi connectivity index (χ0n) is 18.0. The van der Waals surface area contributed by atoms with Gasteiger partial charge in [-0.3, -0.25) is 4.79 Å². The van der Waals surface area contributed by atoms with Gasteiger partial charge in [0.1, 0.15) is 23.0 Å². The maximum absolute atomic E-state index is 13.0. The minimum Gasteiger partial charge on any atom is -0.455 e. The predicted octanol–water partition coefficient (Wildman–Crippen LogP) is 6.28. The summed E-state index contributed by atoms with van der Waals surface area (Å²) in [4.78, 5) is 13.0. The van der Waals surface area contributed by atoms with E-state index in [4.69, 9.17) is 20.9 Å². The molecule has 4 rings (SSSR count). The van der Waals surface area contributed by atoms with Crippen molar-refractivity contribution in [1.82, 2.24) is 0 Å². The van der Waals surface area contributed by atoms with Crippen molar-refractivity contribution in [3.8, 4) is 23.0 Å². The van der Waals surface area contributed by atoms with E-state index in [2.05, 4.69) is 0 Å². The number of nitrogen functional groups attached to an aromatic ring is 2. The van der Waals surface area contributed by atoms with Crippen molar-refractivity contribution in [3.05, 3.63) is 107 Å². The summed E-state index contributed by atoms with van der Waals surface area (Å²) in [6.07, 6.45) is 0. The fourth-order valence-electron chi connectivity index (χ4n) is 3.34. The van der Waals surface area contributed by atoms with Crippen molar-refractivity contribution >= 4 is 17.2 Å². The molecule has 0 aliphatic carbocycles. The number of anilines is 2. The first-order chi connectivity index (χ1) is 15.4. The van der Waals surface area contributed by atoms with Crippen molar-refractivity contribution in [3.63, 3.8) is 0 Å². The van der Waals surface area contributed by atoms with Gasteiger partial charge in [0.15, 0.2) is 5.78 Å². The molecule has 0 aromatic heterocycles. The molecule has 0 spiro atoms. The molecule has 5 heteroatoms. The lowest BCUT2D eigenvalue weighted by Gasteiger charge is -2.12. The minimum absolute atomic E-state index is 0.187. The van der Waals surface area contributed by atoms with Gasteiger partial charge in [0.25, 0.3) is 0 Å². The van der Waals surface area contributed by atoms with Gasteiger partial charge in [-0.2, -0.15) is 0 Å². The third-order valence-electron chi connectivity index (χ3n) is 4.98. The quantitative estimate of drug-likeness (QED) is 0.281. The second kappa shape index (κ2) is 8.86. The molecule has 32 heavy (non-hydrogen) atoms. The van der Waals surface area contributed by atoms with Crippen LogP contribution in [0.25, 0.3) is 0 Å². The van der Waals surface area contributed by atoms with E-state index in [1.807, 2.05) is 62.4 Å². The van der Waals surface area contributed by atoms with Crippen molar-refractivity contribution < 1.29 is 14.3 Å². The van der Waals surface area contributed by atoms with Gasteiger partial charge >= 0.3 is 0 Å². The van der Waals surface area contributed by atoms with Crippen molar-refractivity contribution in [2.45, 2.75) is 13.8 Å². The summed E-state index contributed by atoms with van der Waals surface area (Å²) in [6.45, 7) is 3.97. The van der Waals surface area contributed by atoms with Crippen molar-refractivity contribution in [2.75, 3.05) is 11.5 Å². The minimum atomic E-state index is -0.187. The molecule has 0 aliphatic rings. The van der Waals surface area contributed by atoms with E-state index in [1.165, 1.54) is 0 Å². The number of rotatable bonds is 6. The fourth-order valence-corrected chi connectivity index (χ4v) is 3.34. The van der Waals surface area contributed by atoms with Gasteiger partial charge in [0.2, 0.25) is 0 Å². The summed E-state index contributed by atoms with van der Waals surface area (Å²) >= 11 is 0. The lowest BCUT2D eigenvalue weighted by Crippen LogP contribution is -2.04. The Morgan fingerprint density at radius 3 is 1.44 bits per heavy atom. The van der Waals surface area contributed by atoms with Crippen LogP contribution in [0.5, 0.6) is 23.0 Å². The molecule has 160 valence electrons. The standard InChI is InChI=1S/C27H24N2O3/c1-17-5-3-7-21(13-17)31-25-11-9-19(15-23(25)28)27(30)20-10-12-26(24(29)16-20)32-22-8-4-6-18(2)14-22/h3-16H,28-29H2,1-2H3. The molecule has 4 aromatic rings. The van der Waals surface area contributed by atoms with Crippen LogP contribution in [0.3, 0.4) is 0 Å². The average molecular weight is 425 g/mol. The molecule has 5 nitrogen and oxygen atoms in total. The van der Waals surface area contributed by atoms with Gasteiger partial charge in [-0.1, -0.05) is 24.3 Å². The Labute approximate surface area is 187 Å². The van der Waals surface area contributed by atoms with Crippen LogP contribution >= 0.6 is 0 Å². The number of aryl methyl sites for hydroxylation is 2. The summed E-state index contributed by atoms with van der Waals surface area (Å²) in [5, 5.41) is 0. The summed E-state index contributed by atoms with van der Waals surface area (Å²) in [6, 6.07) is 25.3. The van der Waals surface area contributed by atoms with Crippen LogP contribution < -0.4 is 20.9 Å². The highest BCUT2D eigenvalue weighted by Gasteiger charge is 2.14. The molecule has 4 aromatic carbocycles. The molecule has 0 aliphatic heterocycles. The van der Waals surface area contributed by atoms with E-state index in [1.54, 1.807) is 36.4 Å². The number of carbonyl (C=O) groups excluding carboxylic acids is 1. The third-order valence-corrected chi connectivity index (χ3v) is 4.98. The Morgan fingerprint density at radius 1 is 0.625 bits per heavy atom. The van der Waals surface area contributed by atoms with E-state index < -0.39 is 0 Å². The van der Waals surface area contributed by atoms with Crippen LogP contribution in [0.1, 0.15) is 27.0 Å². The number of nitrogens with two attached hydrogens (primary N) is 2. The van der Waals surface area contributed by atoms with Crippen LogP contribution in [0.15, 0.2) is 84.9 Å². The maximum Gasteiger partial charge on any atom is 0.193 e. The second-order valence-electron chi connectivity index (χ2n) is 7.67. The molecule has 0 amide bonds. The molecule has 0 saturated heterocycles. The van der Waals surface area contributed by atoms with Gasteiger partial charge in [0.05, 0.1) is 11.4 Å². The number of hydrogen-bond acceptors (Lipinski definition) is 5. The van der Waals surface area contributed by atoms with Crippen molar-refractivity contribution in [1.29, 1.82) is 0 Å². The maximum atomic E-state index is 13.0. The molecule has 0 saturated carbocycles. The third kappa shape index (κ3) is 4.73. The van der Waals surface area contributed by atoms with Crippen LogP contribution in [-0.4, -0.2) is 5.78 Å². The highest BCUT2D eigenvalue weighted by Crippen LogP contribution is 2.32. The van der Waals surface area contributed by atoms with Crippen LogP contribution in [0.4, 0.5) is 11.4 Å². The highest BCUT2D eigenvalue weighted by molar-refractivity contribution is 6.10. The van der Waals surface area contributed by atoms with E-state index in [9.17, 15) is 4.79 Å². The lowest BCUT2D eigenvalue weighted by atomic mass is 10.0. The molecular formula is C27H24N2O3. The van der Waals surface area contributed by atoms with E-state index in [0.29, 0.717) is 45.5 Å². The number of hydrogen-bond donors (Lipinski definition) is 2. The van der Waals surface area contributed by atoms with E-state index in [0.717, 1.165) is 11.1 Å². The topological polar surface area (TPSA) is 87.6 Å². The van der Waals surface area contributed by atoms with E-state index >= 15 is 0 Å². The summed E-state index contributed by atoms with van der Waals surface area (Å²) in [7, 11) is 0. The fraction of sp³-hybridized carbons (Fsp3) is 0.0741.